The standard InChI is InChI=1S/C20H24N2O3S/c1-26-18-10-6-5-9-17(18)22-20(25)19(24)21-13-11-16(12-14-23)15-7-3-2-4-8-15/h2-10,16,23H,11-14H2,1H3,(H,21,24)(H,22,25)/t16-/m0/s1. The normalized spacial score (nSPS) is 11.6. The lowest BCUT2D eigenvalue weighted by molar-refractivity contribution is -0.136. The van der Waals surface area contributed by atoms with E-state index >= 15 is 0 Å². The minimum absolute atomic E-state index is 0.0828. The predicted molar refractivity (Wildman–Crippen MR) is 105 cm³/mol. The number of anilines is 1. The molecule has 0 fully saturated rings. The molecule has 1 atom stereocenters. The van der Waals surface area contributed by atoms with Crippen LogP contribution in [0.5, 0.6) is 0 Å². The summed E-state index contributed by atoms with van der Waals surface area (Å²) in [5, 5.41) is 14.6. The third kappa shape index (κ3) is 5.89. The highest BCUT2D eigenvalue weighted by Gasteiger charge is 2.16. The van der Waals surface area contributed by atoms with Gasteiger partial charge in [-0.05, 0) is 42.7 Å². The largest absolute Gasteiger partial charge is 0.396 e. The summed E-state index contributed by atoms with van der Waals surface area (Å²) in [7, 11) is 0. The van der Waals surface area contributed by atoms with Gasteiger partial charge in [-0.1, -0.05) is 42.5 Å². The molecule has 0 radical (unpaired) electrons. The van der Waals surface area contributed by atoms with Gasteiger partial charge in [-0.3, -0.25) is 9.59 Å². The summed E-state index contributed by atoms with van der Waals surface area (Å²) in [5.41, 5.74) is 1.75. The predicted octanol–water partition coefficient (Wildman–Crippen LogP) is 3.02. The Balaban J connectivity index is 1.86. The minimum Gasteiger partial charge on any atom is -0.396 e. The zero-order valence-electron chi connectivity index (χ0n) is 14.8. The number of aliphatic hydroxyl groups excluding tert-OH is 1. The molecule has 2 aromatic carbocycles. The van der Waals surface area contributed by atoms with E-state index in [0.717, 1.165) is 10.5 Å². The van der Waals surface area contributed by atoms with Crippen molar-refractivity contribution in [1.29, 1.82) is 0 Å². The topological polar surface area (TPSA) is 78.4 Å². The number of hydrogen-bond donors (Lipinski definition) is 3. The van der Waals surface area contributed by atoms with E-state index < -0.39 is 11.8 Å². The maximum absolute atomic E-state index is 12.1. The average molecular weight is 372 g/mol. The molecule has 0 unspecified atom stereocenters. The molecule has 2 amide bonds. The highest BCUT2D eigenvalue weighted by atomic mass is 32.2. The van der Waals surface area contributed by atoms with Gasteiger partial charge in [0.25, 0.3) is 0 Å². The van der Waals surface area contributed by atoms with Gasteiger partial charge >= 0.3 is 11.8 Å². The second-order valence-corrected chi connectivity index (χ2v) is 6.67. The lowest BCUT2D eigenvalue weighted by Crippen LogP contribution is -2.36. The number of thioether (sulfide) groups is 1. The fourth-order valence-electron chi connectivity index (χ4n) is 2.73. The van der Waals surface area contributed by atoms with Crippen LogP contribution in [-0.2, 0) is 9.59 Å². The Morgan fingerprint density at radius 3 is 2.38 bits per heavy atom. The Morgan fingerprint density at radius 1 is 1.00 bits per heavy atom. The van der Waals surface area contributed by atoms with E-state index in [0.29, 0.717) is 25.1 Å². The average Bonchev–Trinajstić information content (AvgIpc) is 2.68. The highest BCUT2D eigenvalue weighted by molar-refractivity contribution is 7.98. The zero-order valence-corrected chi connectivity index (χ0v) is 15.6. The Bertz CT molecular complexity index is 722. The fraction of sp³-hybridized carbons (Fsp3) is 0.300. The van der Waals surface area contributed by atoms with Gasteiger partial charge in [-0.25, -0.2) is 0 Å². The van der Waals surface area contributed by atoms with Crippen LogP contribution < -0.4 is 10.6 Å². The number of rotatable bonds is 8. The SMILES string of the molecule is CSc1ccccc1NC(=O)C(=O)NCC[C@@H](CCO)c1ccccc1. The number of carbonyl (C=O) groups excluding carboxylic acids is 2. The van der Waals surface area contributed by atoms with Crippen LogP contribution in [0.25, 0.3) is 0 Å². The molecule has 5 nitrogen and oxygen atoms in total. The summed E-state index contributed by atoms with van der Waals surface area (Å²) in [6, 6.07) is 17.2. The molecular formula is C20H24N2O3S. The lowest BCUT2D eigenvalue weighted by Gasteiger charge is -2.16. The van der Waals surface area contributed by atoms with Gasteiger partial charge in [0.1, 0.15) is 0 Å². The van der Waals surface area contributed by atoms with Gasteiger partial charge in [0.2, 0.25) is 0 Å². The molecule has 6 heteroatoms. The fourth-order valence-corrected chi connectivity index (χ4v) is 3.28. The van der Waals surface area contributed by atoms with Crippen LogP contribution in [0.2, 0.25) is 0 Å². The van der Waals surface area contributed by atoms with Crippen molar-refractivity contribution in [3.63, 3.8) is 0 Å². The van der Waals surface area contributed by atoms with Crippen LogP contribution in [0.4, 0.5) is 5.69 Å². The van der Waals surface area contributed by atoms with Crippen molar-refractivity contribution in [2.75, 3.05) is 24.7 Å². The van der Waals surface area contributed by atoms with Crippen LogP contribution in [0.1, 0.15) is 24.3 Å². The number of benzene rings is 2. The molecule has 3 N–H and O–H groups in total. The summed E-state index contributed by atoms with van der Waals surface area (Å²) in [5.74, 6) is -1.19. The summed E-state index contributed by atoms with van der Waals surface area (Å²) in [4.78, 5) is 25.0. The highest BCUT2D eigenvalue weighted by Crippen LogP contribution is 2.24. The molecule has 0 aliphatic heterocycles. The van der Waals surface area contributed by atoms with Crippen LogP contribution in [-0.4, -0.2) is 36.3 Å². The molecule has 2 aromatic rings. The van der Waals surface area contributed by atoms with Crippen molar-refractivity contribution < 1.29 is 14.7 Å². The monoisotopic (exact) mass is 372 g/mol. The molecule has 0 saturated carbocycles. The van der Waals surface area contributed by atoms with Crippen molar-refractivity contribution in [3.05, 3.63) is 60.2 Å². The summed E-state index contributed by atoms with van der Waals surface area (Å²) >= 11 is 1.50. The molecule has 138 valence electrons. The zero-order chi connectivity index (χ0) is 18.8. The number of nitrogens with one attached hydrogen (secondary N) is 2. The van der Waals surface area contributed by atoms with Crippen LogP contribution in [0.3, 0.4) is 0 Å². The first-order valence-corrected chi connectivity index (χ1v) is 9.76. The van der Waals surface area contributed by atoms with E-state index in [9.17, 15) is 14.7 Å². The number of amides is 2. The van der Waals surface area contributed by atoms with Crippen molar-refractivity contribution >= 4 is 29.3 Å². The van der Waals surface area contributed by atoms with E-state index in [1.165, 1.54) is 11.8 Å². The van der Waals surface area contributed by atoms with Crippen LogP contribution in [0.15, 0.2) is 59.5 Å². The summed E-state index contributed by atoms with van der Waals surface area (Å²) in [6.45, 7) is 0.454. The molecule has 0 bridgehead atoms. The molecule has 0 heterocycles. The smallest absolute Gasteiger partial charge is 0.313 e. The van der Waals surface area contributed by atoms with Gasteiger partial charge in [0.05, 0.1) is 5.69 Å². The molecule has 26 heavy (non-hydrogen) atoms. The molecule has 0 aliphatic rings. The van der Waals surface area contributed by atoms with Crippen molar-refractivity contribution in [3.8, 4) is 0 Å². The number of aliphatic hydroxyl groups is 1. The molecule has 0 spiro atoms. The quantitative estimate of drug-likeness (QED) is 0.492. The summed E-state index contributed by atoms with van der Waals surface area (Å²) in [6.07, 6.45) is 3.19. The first-order chi connectivity index (χ1) is 12.7. The first kappa shape index (κ1) is 20.0. The van der Waals surface area contributed by atoms with Crippen LogP contribution in [0, 0.1) is 0 Å². The molecule has 0 saturated heterocycles. The van der Waals surface area contributed by atoms with E-state index in [1.54, 1.807) is 6.07 Å². The third-order valence-electron chi connectivity index (χ3n) is 4.09. The molecule has 0 aromatic heterocycles. The third-order valence-corrected chi connectivity index (χ3v) is 4.88. The van der Waals surface area contributed by atoms with Crippen molar-refractivity contribution in [2.45, 2.75) is 23.7 Å². The minimum atomic E-state index is -0.676. The Hall–Kier alpha value is -2.31. The first-order valence-electron chi connectivity index (χ1n) is 8.53. The van der Waals surface area contributed by atoms with E-state index in [4.69, 9.17) is 0 Å². The van der Waals surface area contributed by atoms with Gasteiger partial charge in [-0.15, -0.1) is 11.8 Å². The second kappa shape index (κ2) is 10.6. The molecular weight excluding hydrogens is 348 g/mol. The maximum atomic E-state index is 12.1. The van der Waals surface area contributed by atoms with Gasteiger partial charge in [0, 0.05) is 18.0 Å². The van der Waals surface area contributed by atoms with Gasteiger partial charge in [-0.2, -0.15) is 0 Å². The molecule has 2 rings (SSSR count). The molecule has 0 aliphatic carbocycles. The Morgan fingerprint density at radius 2 is 1.69 bits per heavy atom. The number of para-hydroxylation sites is 1. The lowest BCUT2D eigenvalue weighted by atomic mass is 9.93. The Labute approximate surface area is 158 Å². The van der Waals surface area contributed by atoms with E-state index in [-0.39, 0.29) is 12.5 Å². The van der Waals surface area contributed by atoms with Crippen LogP contribution >= 0.6 is 11.8 Å². The van der Waals surface area contributed by atoms with Crippen molar-refractivity contribution in [2.24, 2.45) is 0 Å². The van der Waals surface area contributed by atoms with E-state index in [1.807, 2.05) is 54.8 Å². The van der Waals surface area contributed by atoms with Gasteiger partial charge in [0.15, 0.2) is 0 Å². The second-order valence-electron chi connectivity index (χ2n) is 5.82. The van der Waals surface area contributed by atoms with Gasteiger partial charge < -0.3 is 15.7 Å². The number of carbonyl (C=O) groups is 2. The number of hydrogen-bond acceptors (Lipinski definition) is 4. The maximum Gasteiger partial charge on any atom is 0.313 e. The Kier molecular flexibility index (Phi) is 8.18. The van der Waals surface area contributed by atoms with Crippen molar-refractivity contribution in [1.82, 2.24) is 5.32 Å². The van der Waals surface area contributed by atoms with E-state index in [2.05, 4.69) is 10.6 Å². The summed E-state index contributed by atoms with van der Waals surface area (Å²) < 4.78 is 0.